The number of aromatic hydroxyl groups is 1. The third kappa shape index (κ3) is 4.37. The monoisotopic (exact) mass is 365 g/mol. The standard InChI is InChI=1S/C22H27N3O2/c1-14(2)11-24-12-17-9-19-20(21(26)10-17)13-25(22(19)27)18-6-4-5-16(8-18)7-15(3)23/h4-6,8-10,14,23-24,26H,7,11-13H2,1-3H3. The maximum atomic E-state index is 13.0. The van der Waals surface area contributed by atoms with Crippen LogP contribution in [0, 0.1) is 11.3 Å². The highest BCUT2D eigenvalue weighted by molar-refractivity contribution is 6.10. The zero-order chi connectivity index (χ0) is 19.6. The van der Waals surface area contributed by atoms with Crippen LogP contribution in [0.3, 0.4) is 0 Å². The molecule has 0 aromatic heterocycles. The topological polar surface area (TPSA) is 76.4 Å². The molecule has 0 unspecified atom stereocenters. The van der Waals surface area contributed by atoms with Crippen LogP contribution >= 0.6 is 0 Å². The van der Waals surface area contributed by atoms with E-state index in [-0.39, 0.29) is 11.7 Å². The van der Waals surface area contributed by atoms with Gasteiger partial charge in [0.2, 0.25) is 0 Å². The lowest BCUT2D eigenvalue weighted by Crippen LogP contribution is -2.23. The van der Waals surface area contributed by atoms with Crippen LogP contribution in [0.5, 0.6) is 5.75 Å². The minimum absolute atomic E-state index is 0.0882. The molecule has 1 aliphatic rings. The van der Waals surface area contributed by atoms with Crippen molar-refractivity contribution in [3.8, 4) is 5.75 Å². The van der Waals surface area contributed by atoms with Crippen molar-refractivity contribution in [3.63, 3.8) is 0 Å². The third-order valence-corrected chi connectivity index (χ3v) is 4.65. The molecule has 0 atom stereocenters. The highest BCUT2D eigenvalue weighted by Gasteiger charge is 2.31. The number of amides is 1. The van der Waals surface area contributed by atoms with Crippen molar-refractivity contribution in [2.75, 3.05) is 11.4 Å². The fraction of sp³-hybridized carbons (Fsp3) is 0.364. The van der Waals surface area contributed by atoms with Crippen LogP contribution < -0.4 is 10.2 Å². The molecule has 0 saturated carbocycles. The predicted molar refractivity (Wildman–Crippen MR) is 109 cm³/mol. The van der Waals surface area contributed by atoms with Crippen molar-refractivity contribution in [1.29, 1.82) is 5.41 Å². The number of hydrogen-bond acceptors (Lipinski definition) is 4. The molecule has 1 amide bonds. The predicted octanol–water partition coefficient (Wildman–Crippen LogP) is 3.88. The fourth-order valence-electron chi connectivity index (χ4n) is 3.40. The molecule has 1 heterocycles. The van der Waals surface area contributed by atoms with Crippen molar-refractivity contribution in [3.05, 3.63) is 58.7 Å². The fourth-order valence-corrected chi connectivity index (χ4v) is 3.40. The minimum atomic E-state index is -0.0882. The molecular formula is C22H27N3O2. The Balaban J connectivity index is 1.82. The summed E-state index contributed by atoms with van der Waals surface area (Å²) in [6, 6.07) is 11.4. The van der Waals surface area contributed by atoms with Gasteiger partial charge in [0.25, 0.3) is 5.91 Å². The van der Waals surface area contributed by atoms with Gasteiger partial charge in [0.1, 0.15) is 5.75 Å². The summed E-state index contributed by atoms with van der Waals surface area (Å²) in [5.41, 5.74) is 4.56. The quantitative estimate of drug-likeness (QED) is 0.652. The molecule has 27 heavy (non-hydrogen) atoms. The Morgan fingerprint density at radius 2 is 2.04 bits per heavy atom. The van der Waals surface area contributed by atoms with Crippen molar-refractivity contribution < 1.29 is 9.90 Å². The van der Waals surface area contributed by atoms with Crippen molar-refractivity contribution in [2.24, 2.45) is 5.92 Å². The zero-order valence-electron chi connectivity index (χ0n) is 16.2. The molecule has 3 N–H and O–H groups in total. The lowest BCUT2D eigenvalue weighted by atomic mass is 10.0. The number of hydrogen-bond donors (Lipinski definition) is 3. The van der Waals surface area contributed by atoms with Crippen molar-refractivity contribution in [1.82, 2.24) is 5.32 Å². The molecule has 0 saturated heterocycles. The van der Waals surface area contributed by atoms with E-state index in [2.05, 4.69) is 19.2 Å². The Labute approximate surface area is 160 Å². The van der Waals surface area contributed by atoms with E-state index in [1.54, 1.807) is 17.9 Å². The first-order valence-electron chi connectivity index (χ1n) is 9.35. The summed E-state index contributed by atoms with van der Waals surface area (Å²) in [5.74, 6) is 0.632. The number of fused-ring (bicyclic) bond motifs is 1. The number of phenolic OH excluding ortho intramolecular Hbond substituents is 1. The van der Waals surface area contributed by atoms with Gasteiger partial charge in [-0.1, -0.05) is 26.0 Å². The van der Waals surface area contributed by atoms with Gasteiger partial charge in [-0.25, -0.2) is 0 Å². The van der Waals surface area contributed by atoms with Crippen LogP contribution in [-0.2, 0) is 19.5 Å². The number of benzene rings is 2. The van der Waals surface area contributed by atoms with E-state index in [1.807, 2.05) is 30.3 Å². The Kier molecular flexibility index (Phi) is 5.61. The number of rotatable bonds is 7. The first-order valence-corrected chi connectivity index (χ1v) is 9.35. The van der Waals surface area contributed by atoms with Gasteiger partial charge in [-0.3, -0.25) is 4.79 Å². The first-order chi connectivity index (χ1) is 12.8. The van der Waals surface area contributed by atoms with E-state index >= 15 is 0 Å². The number of anilines is 1. The van der Waals surface area contributed by atoms with Crippen LogP contribution in [0.1, 0.15) is 47.8 Å². The molecule has 2 aromatic carbocycles. The molecular weight excluding hydrogens is 338 g/mol. The molecule has 1 aliphatic heterocycles. The summed E-state index contributed by atoms with van der Waals surface area (Å²) in [6.45, 7) is 7.94. The van der Waals surface area contributed by atoms with Gasteiger partial charge >= 0.3 is 0 Å². The van der Waals surface area contributed by atoms with E-state index in [9.17, 15) is 9.90 Å². The van der Waals surface area contributed by atoms with Gasteiger partial charge < -0.3 is 20.7 Å². The van der Waals surface area contributed by atoms with Crippen LogP contribution in [0.15, 0.2) is 36.4 Å². The molecule has 0 fully saturated rings. The van der Waals surface area contributed by atoms with E-state index in [4.69, 9.17) is 5.41 Å². The summed E-state index contributed by atoms with van der Waals surface area (Å²) >= 11 is 0. The van der Waals surface area contributed by atoms with Gasteiger partial charge in [-0.15, -0.1) is 0 Å². The number of nitrogens with zero attached hydrogens (tertiary/aromatic N) is 1. The van der Waals surface area contributed by atoms with Crippen LogP contribution in [0.4, 0.5) is 5.69 Å². The van der Waals surface area contributed by atoms with Gasteiger partial charge in [-0.2, -0.15) is 0 Å². The Morgan fingerprint density at radius 3 is 2.74 bits per heavy atom. The van der Waals surface area contributed by atoms with Gasteiger partial charge in [0.05, 0.1) is 6.54 Å². The molecule has 0 spiro atoms. The minimum Gasteiger partial charge on any atom is -0.508 e. The average Bonchev–Trinajstić information content (AvgIpc) is 2.92. The Bertz CT molecular complexity index is 874. The number of nitrogens with one attached hydrogen (secondary N) is 2. The van der Waals surface area contributed by atoms with Crippen molar-refractivity contribution in [2.45, 2.75) is 40.3 Å². The summed E-state index contributed by atoms with van der Waals surface area (Å²) in [4.78, 5) is 14.7. The largest absolute Gasteiger partial charge is 0.508 e. The SMILES string of the molecule is CC(=N)Cc1cccc(N2Cc3c(O)cc(CNCC(C)C)cc3C2=O)c1. The molecule has 0 bridgehead atoms. The summed E-state index contributed by atoms with van der Waals surface area (Å²) in [7, 11) is 0. The lowest BCUT2D eigenvalue weighted by Gasteiger charge is -2.16. The van der Waals surface area contributed by atoms with Crippen LogP contribution in [0.2, 0.25) is 0 Å². The van der Waals surface area contributed by atoms with Crippen molar-refractivity contribution >= 4 is 17.3 Å². The first kappa shape index (κ1) is 19.1. The van der Waals surface area contributed by atoms with E-state index in [0.717, 1.165) is 23.4 Å². The van der Waals surface area contributed by atoms with Crippen LogP contribution in [0.25, 0.3) is 0 Å². The van der Waals surface area contributed by atoms with E-state index in [1.165, 1.54) is 0 Å². The second kappa shape index (κ2) is 7.92. The average molecular weight is 365 g/mol. The second-order valence-corrected chi connectivity index (χ2v) is 7.68. The van der Waals surface area contributed by atoms with E-state index in [0.29, 0.717) is 42.3 Å². The number of carbonyl (C=O) groups excluding carboxylic acids is 1. The molecule has 5 heteroatoms. The molecule has 2 aromatic rings. The maximum absolute atomic E-state index is 13.0. The summed E-state index contributed by atoms with van der Waals surface area (Å²) < 4.78 is 0. The maximum Gasteiger partial charge on any atom is 0.259 e. The smallest absolute Gasteiger partial charge is 0.259 e. The third-order valence-electron chi connectivity index (χ3n) is 4.65. The summed E-state index contributed by atoms with van der Waals surface area (Å²) in [5, 5.41) is 21.5. The van der Waals surface area contributed by atoms with Crippen LogP contribution in [-0.4, -0.2) is 23.3 Å². The zero-order valence-corrected chi connectivity index (χ0v) is 16.2. The second-order valence-electron chi connectivity index (χ2n) is 7.68. The molecule has 0 aliphatic carbocycles. The Morgan fingerprint density at radius 1 is 1.26 bits per heavy atom. The normalized spacial score (nSPS) is 13.3. The lowest BCUT2D eigenvalue weighted by molar-refractivity contribution is 0.0996. The highest BCUT2D eigenvalue weighted by Crippen LogP contribution is 2.35. The number of carbonyl (C=O) groups is 1. The van der Waals surface area contributed by atoms with Gasteiger partial charge in [0.15, 0.2) is 0 Å². The highest BCUT2D eigenvalue weighted by atomic mass is 16.3. The molecule has 3 rings (SSSR count). The summed E-state index contributed by atoms with van der Waals surface area (Å²) in [6.07, 6.45) is 0.569. The molecule has 142 valence electrons. The molecule has 5 nitrogen and oxygen atoms in total. The number of phenols is 1. The van der Waals surface area contributed by atoms with E-state index < -0.39 is 0 Å². The Hall–Kier alpha value is -2.66. The molecule has 0 radical (unpaired) electrons. The van der Waals surface area contributed by atoms with Gasteiger partial charge in [0, 0.05) is 35.5 Å². The van der Waals surface area contributed by atoms with Gasteiger partial charge in [-0.05, 0) is 54.8 Å².